The van der Waals surface area contributed by atoms with Gasteiger partial charge in [-0.1, -0.05) is 24.3 Å². The molecule has 2 N–H and O–H groups in total. The third kappa shape index (κ3) is 2.26. The Kier molecular flexibility index (Phi) is 3.30. The summed E-state index contributed by atoms with van der Waals surface area (Å²) in [7, 11) is 0. The quantitative estimate of drug-likeness (QED) is 0.935. The van der Waals surface area contributed by atoms with Crippen molar-refractivity contribution in [3.63, 3.8) is 0 Å². The predicted molar refractivity (Wildman–Crippen MR) is 85.3 cm³/mol. The molecule has 1 aromatic carbocycles. The van der Waals surface area contributed by atoms with Gasteiger partial charge in [0.15, 0.2) is 0 Å². The maximum Gasteiger partial charge on any atom is 0.111 e. The Hall–Kier alpha value is -1.68. The molecule has 4 heteroatoms. The molecule has 0 radical (unpaired) electrons. The van der Waals surface area contributed by atoms with Gasteiger partial charge in [-0.05, 0) is 44.1 Å². The largest absolute Gasteiger partial charge is 0.328 e. The molecule has 1 unspecified atom stereocenters. The van der Waals surface area contributed by atoms with Crippen LogP contribution in [0.2, 0.25) is 0 Å². The molecular weight excluding hydrogens is 277 g/mol. The lowest BCUT2D eigenvalue weighted by molar-refractivity contribution is 0.0834. The van der Waals surface area contributed by atoms with Crippen LogP contribution in [0.3, 0.4) is 0 Å². The van der Waals surface area contributed by atoms with Crippen LogP contribution in [0.1, 0.15) is 50.1 Å². The van der Waals surface area contributed by atoms with Gasteiger partial charge in [-0.3, -0.25) is 0 Å². The summed E-state index contributed by atoms with van der Waals surface area (Å²) in [5.74, 6) is 0. The second-order valence-corrected chi connectivity index (χ2v) is 6.82. The van der Waals surface area contributed by atoms with Crippen LogP contribution in [-0.4, -0.2) is 21.3 Å². The SMILES string of the molecule is NC1CCC(F)(CCC2c3ccccc3-c3cncn32)CC1. The summed E-state index contributed by atoms with van der Waals surface area (Å²) < 4.78 is 17.2. The molecule has 0 amide bonds. The van der Waals surface area contributed by atoms with Crippen LogP contribution in [0.4, 0.5) is 4.39 Å². The van der Waals surface area contributed by atoms with Gasteiger partial charge in [0, 0.05) is 11.6 Å². The number of hydrogen-bond acceptors (Lipinski definition) is 2. The van der Waals surface area contributed by atoms with Crippen LogP contribution in [0.25, 0.3) is 11.3 Å². The van der Waals surface area contributed by atoms with Crippen molar-refractivity contribution in [3.8, 4) is 11.3 Å². The molecular formula is C18H22FN3. The first-order chi connectivity index (χ1) is 10.7. The molecule has 1 aliphatic carbocycles. The van der Waals surface area contributed by atoms with Gasteiger partial charge in [0.25, 0.3) is 0 Å². The molecule has 22 heavy (non-hydrogen) atoms. The van der Waals surface area contributed by atoms with E-state index in [2.05, 4.69) is 33.8 Å². The Balaban J connectivity index is 1.54. The van der Waals surface area contributed by atoms with Crippen LogP contribution in [0.5, 0.6) is 0 Å². The number of imidazole rings is 1. The van der Waals surface area contributed by atoms with Crippen molar-refractivity contribution in [1.82, 2.24) is 9.55 Å². The fraction of sp³-hybridized carbons (Fsp3) is 0.500. The lowest BCUT2D eigenvalue weighted by atomic mass is 9.80. The molecule has 0 spiro atoms. The third-order valence-electron chi connectivity index (χ3n) is 5.39. The summed E-state index contributed by atoms with van der Waals surface area (Å²) in [5, 5.41) is 0. The highest BCUT2D eigenvalue weighted by Crippen LogP contribution is 2.44. The summed E-state index contributed by atoms with van der Waals surface area (Å²) in [4.78, 5) is 4.27. The van der Waals surface area contributed by atoms with Gasteiger partial charge in [0.05, 0.1) is 24.3 Å². The zero-order valence-corrected chi connectivity index (χ0v) is 12.7. The maximum atomic E-state index is 15.0. The van der Waals surface area contributed by atoms with E-state index in [4.69, 9.17) is 5.73 Å². The molecule has 2 aliphatic rings. The smallest absolute Gasteiger partial charge is 0.111 e. The minimum atomic E-state index is -1.03. The second-order valence-electron chi connectivity index (χ2n) is 6.82. The zero-order chi connectivity index (χ0) is 15.2. The standard InChI is InChI=1S/C18H22FN3/c19-18(8-5-13(20)6-9-18)10-7-16-14-3-1-2-4-15(14)17-11-21-12-22(16)17/h1-4,11-13,16H,5-10,20H2. The minimum Gasteiger partial charge on any atom is -0.328 e. The first-order valence-electron chi connectivity index (χ1n) is 8.22. The Morgan fingerprint density at radius 2 is 2.05 bits per heavy atom. The van der Waals surface area contributed by atoms with Crippen LogP contribution in [-0.2, 0) is 0 Å². The van der Waals surface area contributed by atoms with E-state index >= 15 is 0 Å². The summed E-state index contributed by atoms with van der Waals surface area (Å²) in [6.07, 6.45) is 8.06. The van der Waals surface area contributed by atoms with Gasteiger partial charge in [0.1, 0.15) is 5.67 Å². The van der Waals surface area contributed by atoms with E-state index in [1.165, 1.54) is 11.1 Å². The number of hydrogen-bond donors (Lipinski definition) is 1. The molecule has 1 fully saturated rings. The Labute approximate surface area is 130 Å². The van der Waals surface area contributed by atoms with E-state index < -0.39 is 5.67 Å². The molecule has 0 bridgehead atoms. The van der Waals surface area contributed by atoms with Gasteiger partial charge in [-0.25, -0.2) is 9.37 Å². The third-order valence-corrected chi connectivity index (χ3v) is 5.39. The van der Waals surface area contributed by atoms with Crippen LogP contribution >= 0.6 is 0 Å². The molecule has 4 rings (SSSR count). The lowest BCUT2D eigenvalue weighted by Gasteiger charge is -2.33. The van der Waals surface area contributed by atoms with E-state index in [0.29, 0.717) is 19.3 Å². The van der Waals surface area contributed by atoms with Crippen molar-refractivity contribution in [2.24, 2.45) is 5.73 Å². The molecule has 2 aromatic rings. The minimum absolute atomic E-state index is 0.191. The lowest BCUT2D eigenvalue weighted by Crippen LogP contribution is -2.36. The van der Waals surface area contributed by atoms with Crippen molar-refractivity contribution in [2.75, 3.05) is 0 Å². The normalized spacial score (nSPS) is 30.1. The van der Waals surface area contributed by atoms with Crippen molar-refractivity contribution < 1.29 is 4.39 Å². The number of rotatable bonds is 3. The number of fused-ring (bicyclic) bond motifs is 3. The highest BCUT2D eigenvalue weighted by atomic mass is 19.1. The summed E-state index contributed by atoms with van der Waals surface area (Å²) in [5.41, 5.74) is 8.57. The van der Waals surface area contributed by atoms with E-state index in [0.717, 1.165) is 25.0 Å². The topological polar surface area (TPSA) is 43.8 Å². The molecule has 1 aliphatic heterocycles. The molecule has 0 saturated heterocycles. The van der Waals surface area contributed by atoms with E-state index in [9.17, 15) is 4.39 Å². The first kappa shape index (κ1) is 13.9. The fourth-order valence-electron chi connectivity index (χ4n) is 4.03. The fourth-order valence-corrected chi connectivity index (χ4v) is 4.03. The molecule has 1 atom stereocenters. The van der Waals surface area contributed by atoms with Crippen molar-refractivity contribution in [1.29, 1.82) is 0 Å². The van der Waals surface area contributed by atoms with Crippen molar-refractivity contribution >= 4 is 0 Å². The Morgan fingerprint density at radius 1 is 1.27 bits per heavy atom. The number of alkyl halides is 1. The molecule has 2 heterocycles. The van der Waals surface area contributed by atoms with Gasteiger partial charge in [-0.15, -0.1) is 0 Å². The predicted octanol–water partition coefficient (Wildman–Crippen LogP) is 3.84. The second kappa shape index (κ2) is 5.20. The Morgan fingerprint density at radius 3 is 2.86 bits per heavy atom. The maximum absolute atomic E-state index is 15.0. The van der Waals surface area contributed by atoms with Crippen LogP contribution in [0.15, 0.2) is 36.8 Å². The first-order valence-corrected chi connectivity index (χ1v) is 8.22. The summed E-state index contributed by atoms with van der Waals surface area (Å²) in [6, 6.07) is 8.82. The number of benzene rings is 1. The number of aromatic nitrogens is 2. The average Bonchev–Trinajstić information content (AvgIpc) is 3.10. The van der Waals surface area contributed by atoms with Crippen LogP contribution in [0, 0.1) is 0 Å². The summed E-state index contributed by atoms with van der Waals surface area (Å²) in [6.45, 7) is 0. The molecule has 116 valence electrons. The zero-order valence-electron chi connectivity index (χ0n) is 12.7. The van der Waals surface area contributed by atoms with Crippen molar-refractivity contribution in [2.45, 2.75) is 56.3 Å². The van der Waals surface area contributed by atoms with E-state index in [1.54, 1.807) is 0 Å². The van der Waals surface area contributed by atoms with Gasteiger partial charge >= 0.3 is 0 Å². The van der Waals surface area contributed by atoms with Gasteiger partial charge in [-0.2, -0.15) is 0 Å². The molecule has 1 aromatic heterocycles. The molecule has 3 nitrogen and oxygen atoms in total. The van der Waals surface area contributed by atoms with Crippen molar-refractivity contribution in [3.05, 3.63) is 42.4 Å². The monoisotopic (exact) mass is 299 g/mol. The Bertz CT molecular complexity index is 670. The number of halogens is 1. The van der Waals surface area contributed by atoms with Crippen LogP contribution < -0.4 is 5.73 Å². The number of nitrogens with zero attached hydrogens (tertiary/aromatic N) is 2. The average molecular weight is 299 g/mol. The highest BCUT2D eigenvalue weighted by Gasteiger charge is 2.36. The molecule has 1 saturated carbocycles. The highest BCUT2D eigenvalue weighted by molar-refractivity contribution is 5.68. The van der Waals surface area contributed by atoms with E-state index in [1.807, 2.05) is 12.5 Å². The van der Waals surface area contributed by atoms with E-state index in [-0.39, 0.29) is 12.1 Å². The summed E-state index contributed by atoms with van der Waals surface area (Å²) >= 11 is 0. The van der Waals surface area contributed by atoms with Gasteiger partial charge < -0.3 is 10.3 Å². The van der Waals surface area contributed by atoms with Gasteiger partial charge in [0.2, 0.25) is 0 Å². The number of nitrogens with two attached hydrogens (primary N) is 1.